The zero-order chi connectivity index (χ0) is 35.5. The number of fused-ring (bicyclic) bond motifs is 4. The molecule has 17 nitrogen and oxygen atoms in total. The van der Waals surface area contributed by atoms with Gasteiger partial charge in [-0.2, -0.15) is 4.98 Å². The summed E-state index contributed by atoms with van der Waals surface area (Å²) in [6.07, 6.45) is -3.18. The number of thiol groups is 1. The number of ether oxygens (including phenoxy) is 1. The first-order valence-electron chi connectivity index (χ1n) is 15.4. The molecule has 2 saturated heterocycles. The predicted octanol–water partition coefficient (Wildman–Crippen LogP) is 3.69. The number of nitrogen functional groups attached to an aromatic ring is 1. The number of H-pyrrole nitrogens is 1. The van der Waals surface area contributed by atoms with Gasteiger partial charge in [0.05, 0.1) is 25.6 Å². The largest absolute Gasteiger partial charge is 0.408 e. The van der Waals surface area contributed by atoms with Crippen LogP contribution in [-0.2, 0) is 43.6 Å². The van der Waals surface area contributed by atoms with Gasteiger partial charge in [0.1, 0.15) is 42.7 Å². The van der Waals surface area contributed by atoms with Crippen molar-refractivity contribution in [3.05, 3.63) is 35.3 Å². The lowest BCUT2D eigenvalue weighted by Gasteiger charge is -2.40. The van der Waals surface area contributed by atoms with Crippen LogP contribution in [0.15, 0.2) is 29.7 Å². The molecular formula is C26H39FN8O9P2S2Si. The van der Waals surface area contributed by atoms with Crippen molar-refractivity contribution in [2.45, 2.75) is 88.2 Å². The van der Waals surface area contributed by atoms with Crippen LogP contribution in [0.1, 0.15) is 33.4 Å². The molecule has 0 unspecified atom stereocenters. The Morgan fingerprint density at radius 1 is 1.24 bits per heavy atom. The molecule has 3 fully saturated rings. The van der Waals surface area contributed by atoms with Crippen LogP contribution in [-0.4, -0.2) is 92.5 Å². The standard InChI is InChI=1S/C26H39FN8O9P2S2Si/c1-26(2,3)49(4,5)44-20-15-10-40-46(38,48)42-19-13(8-14(17(19)27)32-16-6-7-29-11-30-16)9-39-45(37,47)43-21(20)24(41-15)35-12-31-18-22(35)33-25(28)34-23(18)36/h6-7,11-15,17,19-21,24H,8-10H2,1-5H3,(H,37,47)(H,38,48)(H,29,30,32)(H3,28,33,34,36)/t13-,14-,15-,17-,19-,20-,21-,24-,45-,46+/m1/s1. The zero-order valence-electron chi connectivity index (χ0n) is 27.2. The van der Waals surface area contributed by atoms with Crippen molar-refractivity contribution in [1.29, 1.82) is 0 Å². The highest BCUT2D eigenvalue weighted by molar-refractivity contribution is 8.44. The number of nitrogens with two attached hydrogens (primary N) is 1. The minimum Gasteiger partial charge on any atom is -0.408 e. The highest BCUT2D eigenvalue weighted by Gasteiger charge is 2.55. The fourth-order valence-corrected chi connectivity index (χ4v) is 10.1. The number of alkyl halides is 1. The highest BCUT2D eigenvalue weighted by atomic mass is 32.7. The SMILES string of the molecule is CC(C)(C)[Si](C)(C)O[C@H]1[C@H]2O[P@](O)(=S)OC[C@H]3C[C@@H](Nc4ccncn4)[C@@H](F)[C@@H]3O[P@@](=O)(S)OC[C@H]1O[C@H]2n1cnc2c(=O)[nH]c(N)nc21. The smallest absolute Gasteiger partial charge is 0.386 e. The van der Waals surface area contributed by atoms with Gasteiger partial charge in [0.2, 0.25) is 5.95 Å². The van der Waals surface area contributed by atoms with Crippen molar-refractivity contribution in [3.63, 3.8) is 0 Å². The summed E-state index contributed by atoms with van der Waals surface area (Å²) in [4.78, 5) is 42.9. The number of imidazole rings is 1. The molecule has 1 aliphatic carbocycles. The van der Waals surface area contributed by atoms with E-state index in [1.165, 1.54) is 23.4 Å². The first-order valence-corrected chi connectivity index (χ1v) is 23.6. The predicted molar refractivity (Wildman–Crippen MR) is 186 cm³/mol. The maximum atomic E-state index is 16.0. The molecule has 0 spiro atoms. The summed E-state index contributed by atoms with van der Waals surface area (Å²) in [6.45, 7) is 0.952. The Balaban J connectivity index is 1.37. The van der Waals surface area contributed by atoms with Gasteiger partial charge < -0.3 is 29.6 Å². The lowest BCUT2D eigenvalue weighted by atomic mass is 10.1. The van der Waals surface area contributed by atoms with E-state index in [1.807, 2.05) is 33.9 Å². The van der Waals surface area contributed by atoms with E-state index >= 15 is 4.39 Å². The van der Waals surface area contributed by atoms with Crippen LogP contribution in [0.3, 0.4) is 0 Å². The minimum atomic E-state index is -4.27. The molecular weight excluding hydrogens is 741 g/mol. The summed E-state index contributed by atoms with van der Waals surface area (Å²) in [6, 6.07) is 0.737. The van der Waals surface area contributed by atoms with Crippen molar-refractivity contribution >= 4 is 68.8 Å². The number of anilines is 2. The molecule has 3 aliphatic rings. The minimum absolute atomic E-state index is 0.0290. The number of nitrogens with zero attached hydrogens (tertiary/aromatic N) is 5. The maximum absolute atomic E-state index is 16.0. The number of rotatable bonds is 5. The van der Waals surface area contributed by atoms with Gasteiger partial charge in [-0.05, 0) is 42.4 Å². The van der Waals surface area contributed by atoms with Crippen LogP contribution in [0.4, 0.5) is 16.2 Å². The second-order valence-electron chi connectivity index (χ2n) is 13.6. The van der Waals surface area contributed by atoms with E-state index in [0.29, 0.717) is 5.82 Å². The third-order valence-electron chi connectivity index (χ3n) is 9.25. The summed E-state index contributed by atoms with van der Waals surface area (Å²) in [5.41, 5.74) is 5.31. The molecule has 0 aromatic carbocycles. The molecule has 5 heterocycles. The average molecular weight is 781 g/mol. The molecule has 0 radical (unpaired) electrons. The second kappa shape index (κ2) is 13.6. The van der Waals surface area contributed by atoms with E-state index < -0.39 is 82.8 Å². The molecule has 1 saturated carbocycles. The van der Waals surface area contributed by atoms with Gasteiger partial charge >= 0.3 is 13.5 Å². The van der Waals surface area contributed by atoms with Crippen molar-refractivity contribution in [2.24, 2.45) is 5.92 Å². The van der Waals surface area contributed by atoms with Crippen LogP contribution in [0.25, 0.3) is 11.2 Å². The van der Waals surface area contributed by atoms with E-state index in [-0.39, 0.29) is 35.2 Å². The van der Waals surface area contributed by atoms with Crippen LogP contribution in [0, 0.1) is 5.92 Å². The Labute approximate surface area is 292 Å². The Morgan fingerprint density at radius 2 is 2.00 bits per heavy atom. The number of hydrogen-bond donors (Lipinski definition) is 5. The van der Waals surface area contributed by atoms with Gasteiger partial charge in [0.25, 0.3) is 5.56 Å². The quantitative estimate of drug-likeness (QED) is 0.142. The van der Waals surface area contributed by atoms with Crippen LogP contribution < -0.4 is 16.6 Å². The van der Waals surface area contributed by atoms with Crippen LogP contribution >= 0.6 is 25.8 Å². The molecule has 49 heavy (non-hydrogen) atoms. The van der Waals surface area contributed by atoms with Gasteiger partial charge in [-0.1, -0.05) is 33.0 Å². The summed E-state index contributed by atoms with van der Waals surface area (Å²) < 4.78 is 68.0. The van der Waals surface area contributed by atoms with Gasteiger partial charge in [0.15, 0.2) is 25.7 Å². The van der Waals surface area contributed by atoms with Crippen molar-refractivity contribution in [3.8, 4) is 0 Å². The van der Waals surface area contributed by atoms with Crippen molar-refractivity contribution in [1.82, 2.24) is 29.5 Å². The first-order chi connectivity index (χ1) is 22.8. The second-order valence-corrected chi connectivity index (χ2v) is 24.1. The topological polar surface area (TPSA) is 220 Å². The molecule has 5 N–H and O–H groups in total. The van der Waals surface area contributed by atoms with E-state index in [1.54, 1.807) is 6.07 Å². The van der Waals surface area contributed by atoms with E-state index in [0.717, 1.165) is 0 Å². The fraction of sp³-hybridized carbons (Fsp3) is 0.654. The van der Waals surface area contributed by atoms with Crippen molar-refractivity contribution < 1.29 is 41.1 Å². The lowest BCUT2D eigenvalue weighted by molar-refractivity contribution is -0.0504. The molecule has 2 aliphatic heterocycles. The maximum Gasteiger partial charge on any atom is 0.386 e. The Kier molecular flexibility index (Phi) is 10.2. The molecule has 3 aromatic rings. The summed E-state index contributed by atoms with van der Waals surface area (Å²) in [5, 5.41) is 2.71. The number of halogens is 1. The zero-order valence-corrected chi connectivity index (χ0v) is 31.7. The van der Waals surface area contributed by atoms with E-state index in [9.17, 15) is 14.3 Å². The third-order valence-corrected chi connectivity index (χ3v) is 16.9. The molecule has 0 amide bonds. The molecule has 2 bridgehead atoms. The fourth-order valence-electron chi connectivity index (χ4n) is 5.78. The van der Waals surface area contributed by atoms with Gasteiger partial charge in [-0.3, -0.25) is 27.9 Å². The monoisotopic (exact) mass is 780 g/mol. The Bertz CT molecular complexity index is 1840. The lowest BCUT2D eigenvalue weighted by Crippen LogP contribution is -2.50. The highest BCUT2D eigenvalue weighted by Crippen LogP contribution is 2.59. The molecule has 270 valence electrons. The summed E-state index contributed by atoms with van der Waals surface area (Å²) in [7, 11) is -2.63. The van der Waals surface area contributed by atoms with Crippen LogP contribution in [0.2, 0.25) is 18.1 Å². The van der Waals surface area contributed by atoms with Gasteiger partial charge in [-0.25, -0.2) is 23.9 Å². The molecule has 10 atom stereocenters. The number of nitrogens with one attached hydrogen (secondary N) is 2. The van der Waals surface area contributed by atoms with E-state index in [4.69, 9.17) is 44.8 Å². The van der Waals surface area contributed by atoms with Crippen LogP contribution in [0.5, 0.6) is 0 Å². The number of aromatic nitrogens is 6. The normalized spacial score (nSPS) is 36.1. The Hall–Kier alpha value is -1.87. The number of aromatic amines is 1. The molecule has 3 aromatic heterocycles. The third kappa shape index (κ3) is 7.83. The van der Waals surface area contributed by atoms with Gasteiger partial charge in [-0.15, -0.1) is 0 Å². The molecule has 23 heteroatoms. The summed E-state index contributed by atoms with van der Waals surface area (Å²) >= 11 is 9.72. The van der Waals surface area contributed by atoms with E-state index in [2.05, 4.69) is 42.5 Å². The van der Waals surface area contributed by atoms with Gasteiger partial charge in [0, 0.05) is 12.1 Å². The average Bonchev–Trinajstić information content (AvgIpc) is 3.65. The Morgan fingerprint density at radius 3 is 2.69 bits per heavy atom. The first kappa shape index (κ1) is 36.9. The number of hydrogen-bond acceptors (Lipinski definition) is 15. The van der Waals surface area contributed by atoms with Crippen molar-refractivity contribution in [2.75, 3.05) is 24.3 Å². The summed E-state index contributed by atoms with van der Waals surface area (Å²) in [5.74, 6) is -0.562. The molecule has 6 rings (SSSR count).